The minimum atomic E-state index is -1.64. The molecule has 8 heteroatoms. The lowest BCUT2D eigenvalue weighted by Crippen LogP contribution is -2.28. The molecule has 176 valence electrons. The average molecular weight is 455 g/mol. The van der Waals surface area contributed by atoms with Gasteiger partial charge in [-0.3, -0.25) is 9.48 Å². The Morgan fingerprint density at radius 3 is 2.64 bits per heavy atom. The molecule has 3 aromatic rings. The van der Waals surface area contributed by atoms with Gasteiger partial charge in [0.2, 0.25) is 0 Å². The molecule has 1 aromatic carbocycles. The smallest absolute Gasteiger partial charge is 0.276 e. The minimum Gasteiger partial charge on any atom is -0.494 e. The summed E-state index contributed by atoms with van der Waals surface area (Å²) < 4.78 is 21.9. The van der Waals surface area contributed by atoms with Crippen LogP contribution in [0.2, 0.25) is 0 Å². The fraction of sp³-hybridized carbons (Fsp3) is 0.480. The summed E-state index contributed by atoms with van der Waals surface area (Å²) in [5, 5.41) is 15.1. The van der Waals surface area contributed by atoms with Crippen molar-refractivity contribution in [1.82, 2.24) is 14.8 Å². The van der Waals surface area contributed by atoms with E-state index in [2.05, 4.69) is 4.98 Å². The maximum atomic E-state index is 14.4. The van der Waals surface area contributed by atoms with E-state index in [0.717, 1.165) is 36.6 Å². The number of ether oxygens (including phenoxy) is 1. The van der Waals surface area contributed by atoms with Gasteiger partial charge in [-0.15, -0.1) is 0 Å². The molecule has 0 aliphatic heterocycles. The Balaban J connectivity index is 1.63. The summed E-state index contributed by atoms with van der Waals surface area (Å²) in [5.74, 6) is 0.552. The monoisotopic (exact) mass is 454 g/mol. The quantitative estimate of drug-likeness (QED) is 0.587. The second kappa shape index (κ2) is 9.09. The molecule has 0 unspecified atom stereocenters. The van der Waals surface area contributed by atoms with Crippen LogP contribution < -0.4 is 9.64 Å². The van der Waals surface area contributed by atoms with Gasteiger partial charge < -0.3 is 14.7 Å². The van der Waals surface area contributed by atoms with Gasteiger partial charge in [-0.05, 0) is 63.6 Å². The van der Waals surface area contributed by atoms with Gasteiger partial charge in [-0.1, -0.05) is 6.07 Å². The largest absolute Gasteiger partial charge is 0.494 e. The van der Waals surface area contributed by atoms with Gasteiger partial charge in [0.1, 0.15) is 17.1 Å². The number of pyridine rings is 1. The molecule has 0 atom stereocenters. The van der Waals surface area contributed by atoms with Crippen LogP contribution in [0.5, 0.6) is 5.75 Å². The van der Waals surface area contributed by atoms with E-state index in [1.165, 1.54) is 18.7 Å². The van der Waals surface area contributed by atoms with Crippen LogP contribution in [-0.4, -0.2) is 46.5 Å². The molecule has 1 aliphatic carbocycles. The molecule has 33 heavy (non-hydrogen) atoms. The van der Waals surface area contributed by atoms with Gasteiger partial charge in [-0.25, -0.2) is 9.37 Å². The molecular formula is C25H31FN4O3. The Labute approximate surface area is 193 Å². The molecule has 7 nitrogen and oxygen atoms in total. The molecule has 4 rings (SSSR count). The number of carbonyl (C=O) groups excluding carboxylic acids is 1. The third-order valence-electron chi connectivity index (χ3n) is 6.51. The van der Waals surface area contributed by atoms with Gasteiger partial charge in [0, 0.05) is 31.3 Å². The van der Waals surface area contributed by atoms with E-state index in [9.17, 15) is 14.3 Å². The second-order valence-corrected chi connectivity index (χ2v) is 9.29. The number of hydrogen-bond donors (Lipinski definition) is 1. The van der Waals surface area contributed by atoms with Crippen LogP contribution in [0, 0.1) is 5.92 Å². The first-order valence-electron chi connectivity index (χ1n) is 11.3. The predicted molar refractivity (Wildman–Crippen MR) is 125 cm³/mol. The molecule has 1 N–H and O–H groups in total. The van der Waals surface area contributed by atoms with E-state index in [4.69, 9.17) is 9.84 Å². The summed E-state index contributed by atoms with van der Waals surface area (Å²) in [6, 6.07) is 8.81. The number of methoxy groups -OCH3 is 1. The van der Waals surface area contributed by atoms with Crippen molar-refractivity contribution in [2.75, 3.05) is 25.7 Å². The highest BCUT2D eigenvalue weighted by atomic mass is 19.1. The Morgan fingerprint density at radius 2 is 2.00 bits per heavy atom. The van der Waals surface area contributed by atoms with E-state index in [1.54, 1.807) is 32.4 Å². The van der Waals surface area contributed by atoms with Crippen molar-refractivity contribution < 1.29 is 19.0 Å². The SMILES string of the molecule is COc1cc2nn([C@H]3CC[C@H](CO)CC3)cc2cc1N(C)C(=O)c1cccc(C(C)(C)F)n1. The van der Waals surface area contributed by atoms with Crippen molar-refractivity contribution in [3.8, 4) is 5.75 Å². The molecule has 2 heterocycles. The number of amides is 1. The number of aliphatic hydroxyl groups is 1. The molecule has 0 saturated heterocycles. The van der Waals surface area contributed by atoms with Gasteiger partial charge in [0.05, 0.1) is 30.0 Å². The Kier molecular flexibility index (Phi) is 6.38. The van der Waals surface area contributed by atoms with Crippen LogP contribution >= 0.6 is 0 Å². The van der Waals surface area contributed by atoms with E-state index < -0.39 is 5.67 Å². The van der Waals surface area contributed by atoms with E-state index in [0.29, 0.717) is 23.4 Å². The maximum Gasteiger partial charge on any atom is 0.276 e. The zero-order chi connectivity index (χ0) is 23.8. The Bertz CT molecular complexity index is 1150. The summed E-state index contributed by atoms with van der Waals surface area (Å²) in [6.07, 6.45) is 5.95. The number of aliphatic hydroxyl groups excluding tert-OH is 1. The van der Waals surface area contributed by atoms with Gasteiger partial charge in [0.15, 0.2) is 0 Å². The van der Waals surface area contributed by atoms with E-state index >= 15 is 0 Å². The highest BCUT2D eigenvalue weighted by Gasteiger charge is 2.26. The summed E-state index contributed by atoms with van der Waals surface area (Å²) in [4.78, 5) is 18.9. The summed E-state index contributed by atoms with van der Waals surface area (Å²) in [7, 11) is 3.21. The lowest BCUT2D eigenvalue weighted by molar-refractivity contribution is 0.0986. The van der Waals surface area contributed by atoms with Crippen LogP contribution in [0.3, 0.4) is 0 Å². The van der Waals surface area contributed by atoms with Crippen molar-refractivity contribution in [1.29, 1.82) is 0 Å². The fourth-order valence-corrected chi connectivity index (χ4v) is 4.43. The number of anilines is 1. The predicted octanol–water partition coefficient (Wildman–Crippen LogP) is 4.64. The molecule has 1 fully saturated rings. The number of aromatic nitrogens is 3. The molecule has 2 aromatic heterocycles. The number of nitrogens with zero attached hydrogens (tertiary/aromatic N) is 4. The first-order chi connectivity index (χ1) is 15.7. The van der Waals surface area contributed by atoms with Crippen LogP contribution in [0.1, 0.15) is 61.8 Å². The maximum absolute atomic E-state index is 14.4. The lowest BCUT2D eigenvalue weighted by Gasteiger charge is -2.27. The third kappa shape index (κ3) is 4.71. The zero-order valence-electron chi connectivity index (χ0n) is 19.6. The van der Waals surface area contributed by atoms with Gasteiger partial charge in [-0.2, -0.15) is 5.10 Å². The molecular weight excluding hydrogens is 423 g/mol. The van der Waals surface area contributed by atoms with Crippen molar-refractivity contribution in [3.05, 3.63) is 47.9 Å². The highest BCUT2D eigenvalue weighted by molar-refractivity contribution is 6.06. The number of alkyl halides is 1. The number of carbonyl (C=O) groups is 1. The summed E-state index contributed by atoms with van der Waals surface area (Å²) in [6.45, 7) is 3.08. The molecule has 1 amide bonds. The van der Waals surface area contributed by atoms with E-state index in [-0.39, 0.29) is 23.9 Å². The first-order valence-corrected chi connectivity index (χ1v) is 11.3. The Morgan fingerprint density at radius 1 is 1.27 bits per heavy atom. The van der Waals surface area contributed by atoms with Gasteiger partial charge in [0.25, 0.3) is 5.91 Å². The lowest BCUT2D eigenvalue weighted by atomic mass is 9.87. The minimum absolute atomic E-state index is 0.166. The van der Waals surface area contributed by atoms with E-state index in [1.807, 2.05) is 23.0 Å². The van der Waals surface area contributed by atoms with Crippen molar-refractivity contribution >= 4 is 22.5 Å². The fourth-order valence-electron chi connectivity index (χ4n) is 4.43. The molecule has 1 saturated carbocycles. The number of hydrogen-bond acceptors (Lipinski definition) is 5. The number of benzene rings is 1. The second-order valence-electron chi connectivity index (χ2n) is 9.29. The van der Waals surface area contributed by atoms with Crippen LogP contribution in [-0.2, 0) is 5.67 Å². The first kappa shape index (κ1) is 23.2. The van der Waals surface area contributed by atoms with Crippen LogP contribution in [0.4, 0.5) is 10.1 Å². The standard InChI is InChI=1S/C25H31FN4O3/c1-25(2,26)23-7-5-6-19(27-23)24(32)29(3)21-12-17-14-30(28-20(17)13-22(21)33-4)18-10-8-16(15-31)9-11-18/h5-7,12-14,16,18,31H,8-11,15H2,1-4H3/t16-,18-. The third-order valence-corrected chi connectivity index (χ3v) is 6.51. The molecule has 1 aliphatic rings. The van der Waals surface area contributed by atoms with Crippen molar-refractivity contribution in [2.45, 2.75) is 51.2 Å². The molecule has 0 spiro atoms. The normalized spacial score (nSPS) is 19.0. The molecule has 0 bridgehead atoms. The van der Waals surface area contributed by atoms with Crippen LogP contribution in [0.25, 0.3) is 10.9 Å². The van der Waals surface area contributed by atoms with Gasteiger partial charge >= 0.3 is 0 Å². The van der Waals surface area contributed by atoms with Crippen molar-refractivity contribution in [3.63, 3.8) is 0 Å². The molecule has 0 radical (unpaired) electrons. The van der Waals surface area contributed by atoms with Crippen LogP contribution in [0.15, 0.2) is 36.5 Å². The number of fused-ring (bicyclic) bond motifs is 1. The Hall–Kier alpha value is -3.00. The van der Waals surface area contributed by atoms with Crippen molar-refractivity contribution in [2.24, 2.45) is 5.92 Å². The summed E-state index contributed by atoms with van der Waals surface area (Å²) >= 11 is 0. The topological polar surface area (TPSA) is 80.5 Å². The highest BCUT2D eigenvalue weighted by Crippen LogP contribution is 2.36. The summed E-state index contributed by atoms with van der Waals surface area (Å²) in [5.41, 5.74) is 0.113. The average Bonchev–Trinajstić information content (AvgIpc) is 3.25. The number of rotatable bonds is 6. The number of halogens is 1. The zero-order valence-corrected chi connectivity index (χ0v) is 19.6.